The standard InChI is InChI=1S/C20H25N5O3/c1-23(2)15-5-3-4-14(12-15)19(27)25-7-6-16-17(13-25)21-20(22-18(16)26)24-8-10-28-11-9-24/h3-5,12H,6-11,13H2,1-2H3,(H,21,22,26). The van der Waals surface area contributed by atoms with Gasteiger partial charge in [-0.15, -0.1) is 0 Å². The minimum atomic E-state index is -0.104. The molecule has 1 aromatic heterocycles. The van der Waals surface area contributed by atoms with Gasteiger partial charge in [0.25, 0.3) is 11.5 Å². The Balaban J connectivity index is 1.58. The van der Waals surface area contributed by atoms with Gasteiger partial charge in [0, 0.05) is 50.5 Å². The third-order valence-electron chi connectivity index (χ3n) is 5.27. The van der Waals surface area contributed by atoms with Crippen LogP contribution in [0.1, 0.15) is 21.6 Å². The number of aromatic nitrogens is 2. The molecule has 0 aliphatic carbocycles. The number of aromatic amines is 1. The first-order valence-electron chi connectivity index (χ1n) is 9.54. The number of anilines is 2. The summed E-state index contributed by atoms with van der Waals surface area (Å²) in [6.45, 7) is 3.49. The zero-order chi connectivity index (χ0) is 19.7. The number of morpholine rings is 1. The summed E-state index contributed by atoms with van der Waals surface area (Å²) in [6.07, 6.45) is 0.514. The first-order chi connectivity index (χ1) is 13.5. The van der Waals surface area contributed by atoms with Crippen LogP contribution in [0.4, 0.5) is 11.6 Å². The molecular formula is C20H25N5O3. The summed E-state index contributed by atoms with van der Waals surface area (Å²) in [4.78, 5) is 38.9. The molecule has 2 aliphatic rings. The topological polar surface area (TPSA) is 81.8 Å². The molecule has 1 N–H and O–H groups in total. The molecule has 1 fully saturated rings. The highest BCUT2D eigenvalue weighted by molar-refractivity contribution is 5.95. The predicted octanol–water partition coefficient (Wildman–Crippen LogP) is 0.871. The Morgan fingerprint density at radius 1 is 1.21 bits per heavy atom. The lowest BCUT2D eigenvalue weighted by Gasteiger charge is -2.31. The van der Waals surface area contributed by atoms with Crippen molar-refractivity contribution >= 4 is 17.5 Å². The highest BCUT2D eigenvalue weighted by Gasteiger charge is 2.26. The minimum absolute atomic E-state index is 0.0376. The highest BCUT2D eigenvalue weighted by Crippen LogP contribution is 2.21. The maximum Gasteiger partial charge on any atom is 0.255 e. The fourth-order valence-corrected chi connectivity index (χ4v) is 3.62. The summed E-state index contributed by atoms with van der Waals surface area (Å²) in [5.74, 6) is 0.528. The largest absolute Gasteiger partial charge is 0.378 e. The van der Waals surface area contributed by atoms with Crippen LogP contribution >= 0.6 is 0 Å². The van der Waals surface area contributed by atoms with Crippen molar-refractivity contribution in [2.75, 3.05) is 56.7 Å². The van der Waals surface area contributed by atoms with Crippen LogP contribution in [0.3, 0.4) is 0 Å². The second-order valence-electron chi connectivity index (χ2n) is 7.34. The van der Waals surface area contributed by atoms with Crippen molar-refractivity contribution in [3.05, 3.63) is 51.4 Å². The fraction of sp³-hybridized carbons (Fsp3) is 0.450. The Labute approximate surface area is 163 Å². The molecule has 1 aromatic carbocycles. The minimum Gasteiger partial charge on any atom is -0.378 e. The SMILES string of the molecule is CN(C)c1cccc(C(=O)N2CCc3c(nc(N4CCOCC4)[nH]c3=O)C2)c1. The Hall–Kier alpha value is -2.87. The average molecular weight is 383 g/mol. The van der Waals surface area contributed by atoms with Crippen LogP contribution in [0, 0.1) is 0 Å². The van der Waals surface area contributed by atoms with Gasteiger partial charge in [0.05, 0.1) is 25.5 Å². The molecule has 28 heavy (non-hydrogen) atoms. The molecule has 0 spiro atoms. The van der Waals surface area contributed by atoms with E-state index in [2.05, 4.69) is 9.97 Å². The van der Waals surface area contributed by atoms with Gasteiger partial charge in [0.2, 0.25) is 5.95 Å². The van der Waals surface area contributed by atoms with Crippen molar-refractivity contribution in [2.24, 2.45) is 0 Å². The zero-order valence-electron chi connectivity index (χ0n) is 16.3. The van der Waals surface area contributed by atoms with Crippen LogP contribution in [-0.2, 0) is 17.7 Å². The van der Waals surface area contributed by atoms with Crippen LogP contribution in [0.5, 0.6) is 0 Å². The van der Waals surface area contributed by atoms with Gasteiger partial charge in [-0.25, -0.2) is 4.98 Å². The van der Waals surface area contributed by atoms with Crippen molar-refractivity contribution in [3.63, 3.8) is 0 Å². The number of hydrogen-bond donors (Lipinski definition) is 1. The second kappa shape index (κ2) is 7.63. The molecule has 8 heteroatoms. The quantitative estimate of drug-likeness (QED) is 0.847. The molecule has 8 nitrogen and oxygen atoms in total. The number of ether oxygens (including phenoxy) is 1. The van der Waals surface area contributed by atoms with Gasteiger partial charge in [0.15, 0.2) is 0 Å². The van der Waals surface area contributed by atoms with Gasteiger partial charge in [-0.2, -0.15) is 0 Å². The summed E-state index contributed by atoms with van der Waals surface area (Å²) in [5.41, 5.74) is 2.89. The van der Waals surface area contributed by atoms with E-state index in [0.29, 0.717) is 68.6 Å². The number of H-pyrrole nitrogens is 1. The van der Waals surface area contributed by atoms with Crippen molar-refractivity contribution in [2.45, 2.75) is 13.0 Å². The zero-order valence-corrected chi connectivity index (χ0v) is 16.3. The summed E-state index contributed by atoms with van der Waals surface area (Å²) in [7, 11) is 3.90. The maximum absolute atomic E-state index is 13.0. The molecule has 0 bridgehead atoms. The molecule has 148 valence electrons. The molecule has 1 saturated heterocycles. The number of hydrogen-bond acceptors (Lipinski definition) is 6. The van der Waals surface area contributed by atoms with E-state index in [1.165, 1.54) is 0 Å². The van der Waals surface area contributed by atoms with E-state index in [4.69, 9.17) is 4.74 Å². The van der Waals surface area contributed by atoms with Gasteiger partial charge in [-0.05, 0) is 24.6 Å². The van der Waals surface area contributed by atoms with E-state index >= 15 is 0 Å². The second-order valence-corrected chi connectivity index (χ2v) is 7.34. The Kier molecular flexibility index (Phi) is 5.04. The molecule has 2 aliphatic heterocycles. The number of carbonyl (C=O) groups is 1. The number of nitrogens with zero attached hydrogens (tertiary/aromatic N) is 4. The lowest BCUT2D eigenvalue weighted by Crippen LogP contribution is -2.42. The molecule has 4 rings (SSSR count). The highest BCUT2D eigenvalue weighted by atomic mass is 16.5. The molecular weight excluding hydrogens is 358 g/mol. The third-order valence-corrected chi connectivity index (χ3v) is 5.27. The summed E-state index contributed by atoms with van der Waals surface area (Å²) in [5, 5.41) is 0. The average Bonchev–Trinajstić information content (AvgIpc) is 2.73. The summed E-state index contributed by atoms with van der Waals surface area (Å²) >= 11 is 0. The molecule has 2 aromatic rings. The number of carbonyl (C=O) groups excluding carboxylic acids is 1. The molecule has 0 radical (unpaired) electrons. The van der Waals surface area contributed by atoms with Gasteiger partial charge in [0.1, 0.15) is 0 Å². The third kappa shape index (κ3) is 3.60. The first-order valence-corrected chi connectivity index (χ1v) is 9.54. The Morgan fingerprint density at radius 3 is 2.75 bits per heavy atom. The molecule has 1 amide bonds. The predicted molar refractivity (Wildman–Crippen MR) is 107 cm³/mol. The fourth-order valence-electron chi connectivity index (χ4n) is 3.62. The molecule has 0 unspecified atom stereocenters. The van der Waals surface area contributed by atoms with Gasteiger partial charge in [-0.3, -0.25) is 14.6 Å². The summed E-state index contributed by atoms with van der Waals surface area (Å²) < 4.78 is 5.37. The van der Waals surface area contributed by atoms with Crippen molar-refractivity contribution in [1.82, 2.24) is 14.9 Å². The van der Waals surface area contributed by atoms with E-state index < -0.39 is 0 Å². The van der Waals surface area contributed by atoms with Gasteiger partial charge in [-0.1, -0.05) is 6.07 Å². The number of nitrogens with one attached hydrogen (secondary N) is 1. The van der Waals surface area contributed by atoms with E-state index in [1.807, 2.05) is 48.2 Å². The van der Waals surface area contributed by atoms with Crippen LogP contribution in [0.25, 0.3) is 0 Å². The lowest BCUT2D eigenvalue weighted by atomic mass is 10.0. The van der Waals surface area contributed by atoms with Crippen LogP contribution in [-0.4, -0.2) is 67.7 Å². The maximum atomic E-state index is 13.0. The number of rotatable bonds is 3. The Bertz CT molecular complexity index is 934. The molecule has 0 saturated carbocycles. The Morgan fingerprint density at radius 2 is 2.00 bits per heavy atom. The van der Waals surface area contributed by atoms with E-state index in [9.17, 15) is 9.59 Å². The van der Waals surface area contributed by atoms with E-state index in [0.717, 1.165) is 5.69 Å². The lowest BCUT2D eigenvalue weighted by molar-refractivity contribution is 0.0731. The van der Waals surface area contributed by atoms with Crippen LogP contribution in [0.2, 0.25) is 0 Å². The van der Waals surface area contributed by atoms with E-state index in [1.54, 1.807) is 4.90 Å². The van der Waals surface area contributed by atoms with Crippen LogP contribution < -0.4 is 15.4 Å². The van der Waals surface area contributed by atoms with Gasteiger partial charge >= 0.3 is 0 Å². The monoisotopic (exact) mass is 383 g/mol. The molecule has 0 atom stereocenters. The van der Waals surface area contributed by atoms with Crippen molar-refractivity contribution in [3.8, 4) is 0 Å². The number of benzene rings is 1. The smallest absolute Gasteiger partial charge is 0.255 e. The molecule has 3 heterocycles. The summed E-state index contributed by atoms with van der Waals surface area (Å²) in [6, 6.07) is 7.58. The normalized spacial score (nSPS) is 16.6. The van der Waals surface area contributed by atoms with E-state index in [-0.39, 0.29) is 11.5 Å². The van der Waals surface area contributed by atoms with Crippen LogP contribution in [0.15, 0.2) is 29.1 Å². The first kappa shape index (κ1) is 18.5. The number of fused-ring (bicyclic) bond motifs is 1. The van der Waals surface area contributed by atoms with Crippen molar-refractivity contribution < 1.29 is 9.53 Å². The van der Waals surface area contributed by atoms with Crippen molar-refractivity contribution in [1.29, 1.82) is 0 Å². The van der Waals surface area contributed by atoms with Gasteiger partial charge < -0.3 is 19.4 Å². The number of amides is 1.